The molecule has 1 aliphatic heterocycles. The van der Waals surface area contributed by atoms with Gasteiger partial charge in [0.15, 0.2) is 5.11 Å². The van der Waals surface area contributed by atoms with Gasteiger partial charge in [0.2, 0.25) is 0 Å². The average Bonchev–Trinajstić information content (AvgIpc) is 3.39. The number of anilines is 1. The number of pyridine rings is 1. The summed E-state index contributed by atoms with van der Waals surface area (Å²) in [7, 11) is 1.54. The van der Waals surface area contributed by atoms with Crippen LogP contribution in [0.2, 0.25) is 0 Å². The minimum Gasteiger partial charge on any atom is -0.506 e. The predicted molar refractivity (Wildman–Crippen MR) is 144 cm³/mol. The number of hydrogen-bond acceptors (Lipinski definition) is 6. The van der Waals surface area contributed by atoms with E-state index in [4.69, 9.17) is 17.0 Å². The zero-order valence-corrected chi connectivity index (χ0v) is 21.3. The van der Waals surface area contributed by atoms with Gasteiger partial charge in [0, 0.05) is 29.7 Å². The number of thiocarbonyl (C=S) groups is 1. The van der Waals surface area contributed by atoms with Crippen LogP contribution >= 0.6 is 12.2 Å². The standard InChI is InChI=1S/C27H25N5O4S/c1-16-14-19(17(2)30(16)22-15-18(32(34)35)11-12-24(22)36-3)26-25(20-8-6-7-13-28-20)29-27(37)31(26)21-9-4-5-10-23(21)33/h4-15,25-26,33H,1-3H3,(H,29,37)/t25-,26-/m0/s1. The molecule has 2 N–H and O–H groups in total. The molecule has 0 aliphatic carbocycles. The molecule has 0 radical (unpaired) electrons. The molecule has 1 saturated heterocycles. The van der Waals surface area contributed by atoms with Crippen molar-refractivity contribution < 1.29 is 14.8 Å². The zero-order valence-electron chi connectivity index (χ0n) is 20.5. The highest BCUT2D eigenvalue weighted by atomic mass is 32.1. The van der Waals surface area contributed by atoms with E-state index in [1.54, 1.807) is 24.4 Å². The first-order valence-electron chi connectivity index (χ1n) is 11.6. The van der Waals surface area contributed by atoms with Crippen LogP contribution in [0.25, 0.3) is 5.69 Å². The molecule has 188 valence electrons. The van der Waals surface area contributed by atoms with Gasteiger partial charge in [0.25, 0.3) is 5.69 Å². The molecule has 2 atom stereocenters. The number of non-ortho nitro benzene ring substituents is 1. The summed E-state index contributed by atoms with van der Waals surface area (Å²) in [5.41, 5.74) is 4.55. The molecule has 0 spiro atoms. The number of nitro groups is 1. The molecular weight excluding hydrogens is 490 g/mol. The van der Waals surface area contributed by atoms with Crippen molar-refractivity contribution in [3.05, 3.63) is 106 Å². The van der Waals surface area contributed by atoms with E-state index in [1.807, 2.05) is 59.7 Å². The Labute approximate surface area is 219 Å². The fourth-order valence-corrected chi connectivity index (χ4v) is 5.36. The normalized spacial score (nSPS) is 17.1. The lowest BCUT2D eigenvalue weighted by Gasteiger charge is -2.28. The number of rotatable bonds is 6. The van der Waals surface area contributed by atoms with Gasteiger partial charge >= 0.3 is 0 Å². The van der Waals surface area contributed by atoms with Crippen molar-refractivity contribution in [3.63, 3.8) is 0 Å². The third-order valence-electron chi connectivity index (χ3n) is 6.64. The third kappa shape index (κ3) is 4.15. The number of nitrogens with zero attached hydrogens (tertiary/aromatic N) is 4. The van der Waals surface area contributed by atoms with Crippen molar-refractivity contribution in [1.29, 1.82) is 0 Å². The molecule has 3 heterocycles. The number of phenols is 1. The fourth-order valence-electron chi connectivity index (χ4n) is 5.02. The van der Waals surface area contributed by atoms with Crippen molar-refractivity contribution in [1.82, 2.24) is 14.9 Å². The number of methoxy groups -OCH3 is 1. The van der Waals surface area contributed by atoms with E-state index in [2.05, 4.69) is 10.3 Å². The summed E-state index contributed by atoms with van der Waals surface area (Å²) in [5.74, 6) is 0.616. The summed E-state index contributed by atoms with van der Waals surface area (Å²) in [6.07, 6.45) is 1.73. The Kier molecular flexibility index (Phi) is 6.26. The lowest BCUT2D eigenvalue weighted by Crippen LogP contribution is -2.29. The van der Waals surface area contributed by atoms with Crippen LogP contribution in [0.15, 0.2) is 72.9 Å². The highest BCUT2D eigenvalue weighted by Crippen LogP contribution is 2.46. The largest absolute Gasteiger partial charge is 0.506 e. The summed E-state index contributed by atoms with van der Waals surface area (Å²) in [6.45, 7) is 3.90. The van der Waals surface area contributed by atoms with E-state index >= 15 is 0 Å². The monoisotopic (exact) mass is 515 g/mol. The van der Waals surface area contributed by atoms with Crippen LogP contribution in [0, 0.1) is 24.0 Å². The van der Waals surface area contributed by atoms with Gasteiger partial charge in [-0.25, -0.2) is 0 Å². The second-order valence-electron chi connectivity index (χ2n) is 8.76. The number of benzene rings is 2. The Bertz CT molecular complexity index is 1500. The number of nitrogens with one attached hydrogen (secondary N) is 1. The smallest absolute Gasteiger partial charge is 0.271 e. The maximum absolute atomic E-state index is 11.5. The van der Waals surface area contributed by atoms with E-state index < -0.39 is 4.92 Å². The maximum atomic E-state index is 11.5. The number of aromatic nitrogens is 2. The molecule has 0 amide bonds. The number of aromatic hydroxyl groups is 1. The van der Waals surface area contributed by atoms with E-state index in [0.29, 0.717) is 22.2 Å². The van der Waals surface area contributed by atoms with Crippen LogP contribution in [0.3, 0.4) is 0 Å². The summed E-state index contributed by atoms with van der Waals surface area (Å²) in [6, 6.07) is 18.7. The molecule has 9 nitrogen and oxygen atoms in total. The number of hydrogen-bond donors (Lipinski definition) is 2. The maximum Gasteiger partial charge on any atom is 0.271 e. The molecule has 0 bridgehead atoms. The number of ether oxygens (including phenoxy) is 1. The van der Waals surface area contributed by atoms with Crippen molar-refractivity contribution in [2.24, 2.45) is 0 Å². The summed E-state index contributed by atoms with van der Waals surface area (Å²) in [4.78, 5) is 17.6. The number of para-hydroxylation sites is 2. The second kappa shape index (κ2) is 9.55. The van der Waals surface area contributed by atoms with Gasteiger partial charge < -0.3 is 24.6 Å². The minimum absolute atomic E-state index is 0.0317. The SMILES string of the molecule is COc1ccc([N+](=O)[O-])cc1-n1c(C)cc([C@H]2[C@H](c3ccccn3)NC(=S)N2c2ccccc2O)c1C. The molecule has 4 aromatic rings. The quantitative estimate of drug-likeness (QED) is 0.203. The van der Waals surface area contributed by atoms with Crippen molar-refractivity contribution in [2.45, 2.75) is 25.9 Å². The van der Waals surface area contributed by atoms with Crippen LogP contribution in [-0.4, -0.2) is 31.8 Å². The van der Waals surface area contributed by atoms with Gasteiger partial charge in [0.05, 0.1) is 41.2 Å². The van der Waals surface area contributed by atoms with Crippen molar-refractivity contribution in [2.75, 3.05) is 12.0 Å². The summed E-state index contributed by atoms with van der Waals surface area (Å²) in [5, 5.41) is 26.1. The van der Waals surface area contributed by atoms with E-state index in [1.165, 1.54) is 19.2 Å². The lowest BCUT2D eigenvalue weighted by atomic mass is 9.96. The van der Waals surface area contributed by atoms with E-state index in [0.717, 1.165) is 22.6 Å². The Morgan fingerprint density at radius 1 is 1.08 bits per heavy atom. The molecule has 10 heteroatoms. The Morgan fingerprint density at radius 3 is 2.51 bits per heavy atom. The molecule has 2 aromatic carbocycles. The topological polar surface area (TPSA) is 106 Å². The first-order chi connectivity index (χ1) is 17.8. The summed E-state index contributed by atoms with van der Waals surface area (Å²) < 4.78 is 7.51. The number of phenolic OH excluding ortho intramolecular Hbond substituents is 1. The van der Waals surface area contributed by atoms with Crippen LogP contribution < -0.4 is 15.0 Å². The number of nitro benzene ring substituents is 1. The van der Waals surface area contributed by atoms with Gasteiger partial charge in [0.1, 0.15) is 11.5 Å². The second-order valence-corrected chi connectivity index (χ2v) is 9.15. The molecule has 37 heavy (non-hydrogen) atoms. The molecule has 2 aromatic heterocycles. The average molecular weight is 516 g/mol. The van der Waals surface area contributed by atoms with Crippen LogP contribution in [0.1, 0.15) is 34.7 Å². The van der Waals surface area contributed by atoms with Crippen LogP contribution in [-0.2, 0) is 0 Å². The molecule has 5 rings (SSSR count). The number of aryl methyl sites for hydroxylation is 1. The highest BCUT2D eigenvalue weighted by Gasteiger charge is 2.43. The Hall–Kier alpha value is -4.44. The van der Waals surface area contributed by atoms with Gasteiger partial charge in [-0.3, -0.25) is 15.1 Å². The first-order valence-corrected chi connectivity index (χ1v) is 12.0. The van der Waals surface area contributed by atoms with E-state index in [-0.39, 0.29) is 23.5 Å². The predicted octanol–water partition coefficient (Wildman–Crippen LogP) is 5.29. The van der Waals surface area contributed by atoms with E-state index in [9.17, 15) is 15.2 Å². The molecule has 1 aliphatic rings. The highest BCUT2D eigenvalue weighted by molar-refractivity contribution is 7.80. The van der Waals surface area contributed by atoms with Gasteiger partial charge in [-0.05, 0) is 68.0 Å². The van der Waals surface area contributed by atoms with Crippen molar-refractivity contribution in [3.8, 4) is 17.2 Å². The first kappa shape index (κ1) is 24.3. The van der Waals surface area contributed by atoms with Gasteiger partial charge in [-0.1, -0.05) is 18.2 Å². The van der Waals surface area contributed by atoms with Gasteiger partial charge in [-0.15, -0.1) is 0 Å². The Morgan fingerprint density at radius 2 is 1.84 bits per heavy atom. The fraction of sp³-hybridized carbons (Fsp3) is 0.185. The molecule has 0 unspecified atom stereocenters. The van der Waals surface area contributed by atoms with Crippen molar-refractivity contribution >= 4 is 28.7 Å². The molecule has 0 saturated carbocycles. The van der Waals surface area contributed by atoms with Crippen LogP contribution in [0.4, 0.5) is 11.4 Å². The lowest BCUT2D eigenvalue weighted by molar-refractivity contribution is -0.384. The van der Waals surface area contributed by atoms with Gasteiger partial charge in [-0.2, -0.15) is 0 Å². The van der Waals surface area contributed by atoms with Crippen LogP contribution in [0.5, 0.6) is 11.5 Å². The minimum atomic E-state index is -0.422. The molecule has 1 fully saturated rings. The zero-order chi connectivity index (χ0) is 26.3. The Balaban J connectivity index is 1.72. The summed E-state index contributed by atoms with van der Waals surface area (Å²) >= 11 is 5.77. The molecular formula is C27H25N5O4S. The third-order valence-corrected chi connectivity index (χ3v) is 6.96.